The average molecular weight is 395 g/mol. The molecule has 0 unspecified atom stereocenters. The summed E-state index contributed by atoms with van der Waals surface area (Å²) in [6, 6.07) is 11.3. The molecule has 29 heavy (non-hydrogen) atoms. The highest BCUT2D eigenvalue weighted by Crippen LogP contribution is 2.19. The van der Waals surface area contributed by atoms with Gasteiger partial charge >= 0.3 is 11.9 Å². The van der Waals surface area contributed by atoms with Gasteiger partial charge in [-0.2, -0.15) is 0 Å². The number of carbonyl (C=O) groups excluding carboxylic acids is 2. The van der Waals surface area contributed by atoms with Gasteiger partial charge in [-0.25, -0.2) is 9.59 Å². The van der Waals surface area contributed by atoms with Gasteiger partial charge in [-0.3, -0.25) is 0 Å². The van der Waals surface area contributed by atoms with E-state index in [1.54, 1.807) is 12.1 Å². The van der Waals surface area contributed by atoms with Gasteiger partial charge in [-0.1, -0.05) is 65.5 Å². The van der Waals surface area contributed by atoms with Crippen molar-refractivity contribution >= 4 is 11.9 Å². The number of ether oxygens (including phenoxy) is 1. The lowest BCUT2D eigenvalue weighted by atomic mass is 9.97. The molecule has 3 nitrogen and oxygen atoms in total. The number of rotatable bonds is 10. The molecule has 0 fully saturated rings. The highest BCUT2D eigenvalue weighted by molar-refractivity contribution is 6.02. The SMILES string of the molecule is CCCc1ccc(C(=O)OC(=O)c2ccc(CCC)c(CCC)c2)cc1CCC. The van der Waals surface area contributed by atoms with Crippen LogP contribution in [0.2, 0.25) is 0 Å². The predicted molar refractivity (Wildman–Crippen MR) is 119 cm³/mol. The summed E-state index contributed by atoms with van der Waals surface area (Å²) in [5, 5.41) is 0. The van der Waals surface area contributed by atoms with E-state index in [1.807, 2.05) is 24.3 Å². The molecule has 0 saturated carbocycles. The van der Waals surface area contributed by atoms with E-state index in [2.05, 4.69) is 27.7 Å². The molecule has 2 aromatic carbocycles. The molecule has 156 valence electrons. The monoisotopic (exact) mass is 394 g/mol. The Morgan fingerprint density at radius 3 is 1.28 bits per heavy atom. The minimum absolute atomic E-state index is 0.443. The van der Waals surface area contributed by atoms with Crippen LogP contribution in [0.3, 0.4) is 0 Å². The zero-order valence-corrected chi connectivity index (χ0v) is 18.3. The minimum Gasteiger partial charge on any atom is -0.386 e. The highest BCUT2D eigenvalue weighted by Gasteiger charge is 2.17. The number of hydrogen-bond donors (Lipinski definition) is 0. The van der Waals surface area contributed by atoms with Crippen LogP contribution < -0.4 is 0 Å². The number of benzene rings is 2. The van der Waals surface area contributed by atoms with Gasteiger partial charge in [0, 0.05) is 0 Å². The molecule has 0 saturated heterocycles. The van der Waals surface area contributed by atoms with Crippen LogP contribution in [-0.2, 0) is 30.4 Å². The van der Waals surface area contributed by atoms with E-state index < -0.39 is 11.9 Å². The van der Waals surface area contributed by atoms with Crippen molar-refractivity contribution in [3.8, 4) is 0 Å². The number of carbonyl (C=O) groups is 2. The summed E-state index contributed by atoms with van der Waals surface area (Å²) < 4.78 is 5.21. The summed E-state index contributed by atoms with van der Waals surface area (Å²) in [5.41, 5.74) is 5.77. The molecule has 3 heteroatoms. The maximum Gasteiger partial charge on any atom is 0.346 e. The molecular formula is C26H34O3. The Balaban J connectivity index is 2.19. The van der Waals surface area contributed by atoms with Crippen LogP contribution in [-0.4, -0.2) is 11.9 Å². The molecule has 2 rings (SSSR count). The van der Waals surface area contributed by atoms with Gasteiger partial charge in [0.15, 0.2) is 0 Å². The van der Waals surface area contributed by atoms with Crippen LogP contribution in [0.25, 0.3) is 0 Å². The third-order valence-electron chi connectivity index (χ3n) is 5.15. The second-order valence-corrected chi connectivity index (χ2v) is 7.64. The summed E-state index contributed by atoms with van der Waals surface area (Å²) in [6.45, 7) is 8.55. The van der Waals surface area contributed by atoms with E-state index in [4.69, 9.17) is 4.74 Å². The third-order valence-corrected chi connectivity index (χ3v) is 5.15. The standard InChI is InChI=1S/C26H34O3/c1-5-9-19-13-15-23(17-21(19)11-7-3)25(27)29-26(28)24-16-14-20(10-6-2)22(18-24)12-8-4/h13-18H,5-12H2,1-4H3. The van der Waals surface area contributed by atoms with Crippen molar-refractivity contribution in [1.82, 2.24) is 0 Å². The van der Waals surface area contributed by atoms with Gasteiger partial charge in [0.05, 0.1) is 11.1 Å². The van der Waals surface area contributed by atoms with Crippen molar-refractivity contribution in [2.75, 3.05) is 0 Å². The van der Waals surface area contributed by atoms with Crippen LogP contribution in [0, 0.1) is 0 Å². The predicted octanol–water partition coefficient (Wildman–Crippen LogP) is 6.49. The van der Waals surface area contributed by atoms with E-state index >= 15 is 0 Å². The Kier molecular flexibility index (Phi) is 9.11. The maximum atomic E-state index is 12.6. The van der Waals surface area contributed by atoms with Gasteiger partial charge in [0.2, 0.25) is 0 Å². The summed E-state index contributed by atoms with van der Waals surface area (Å²) in [4.78, 5) is 25.2. The second kappa shape index (κ2) is 11.5. The quantitative estimate of drug-likeness (QED) is 0.341. The number of aryl methyl sites for hydroxylation is 4. The topological polar surface area (TPSA) is 43.4 Å². The molecule has 0 amide bonds. The van der Waals surface area contributed by atoms with Crippen LogP contribution in [0.15, 0.2) is 36.4 Å². The average Bonchev–Trinajstić information content (AvgIpc) is 2.71. The van der Waals surface area contributed by atoms with Gasteiger partial charge < -0.3 is 4.74 Å². The van der Waals surface area contributed by atoms with E-state index in [1.165, 1.54) is 22.3 Å². The Morgan fingerprint density at radius 2 is 0.931 bits per heavy atom. The van der Waals surface area contributed by atoms with Crippen molar-refractivity contribution in [3.63, 3.8) is 0 Å². The molecule has 0 heterocycles. The van der Waals surface area contributed by atoms with Crippen LogP contribution >= 0.6 is 0 Å². The number of esters is 2. The van der Waals surface area contributed by atoms with Crippen LogP contribution in [0.1, 0.15) is 96.3 Å². The summed E-state index contributed by atoms with van der Waals surface area (Å²) in [6.07, 6.45) is 7.98. The van der Waals surface area contributed by atoms with Crippen molar-refractivity contribution in [2.24, 2.45) is 0 Å². The van der Waals surface area contributed by atoms with Crippen LogP contribution in [0.4, 0.5) is 0 Å². The molecule has 0 bridgehead atoms. The first kappa shape index (κ1) is 22.9. The van der Waals surface area contributed by atoms with Crippen LogP contribution in [0.5, 0.6) is 0 Å². The van der Waals surface area contributed by atoms with Gasteiger partial charge in [-0.05, 0) is 72.2 Å². The van der Waals surface area contributed by atoms with Gasteiger partial charge in [-0.15, -0.1) is 0 Å². The largest absolute Gasteiger partial charge is 0.386 e. The molecule has 0 spiro atoms. The van der Waals surface area contributed by atoms with Crippen molar-refractivity contribution < 1.29 is 14.3 Å². The normalized spacial score (nSPS) is 10.8. The van der Waals surface area contributed by atoms with Crippen molar-refractivity contribution in [2.45, 2.75) is 79.1 Å². The van der Waals surface area contributed by atoms with E-state index in [-0.39, 0.29) is 0 Å². The van der Waals surface area contributed by atoms with Crippen molar-refractivity contribution in [3.05, 3.63) is 69.8 Å². The fraction of sp³-hybridized carbons (Fsp3) is 0.462. The fourth-order valence-electron chi connectivity index (χ4n) is 3.74. The Hall–Kier alpha value is -2.42. The first-order chi connectivity index (χ1) is 14.0. The van der Waals surface area contributed by atoms with Gasteiger partial charge in [0.1, 0.15) is 0 Å². The Morgan fingerprint density at radius 1 is 0.586 bits per heavy atom. The first-order valence-electron chi connectivity index (χ1n) is 11.0. The lowest BCUT2D eigenvalue weighted by Gasteiger charge is -2.12. The maximum absolute atomic E-state index is 12.6. The molecule has 0 atom stereocenters. The Bertz CT molecular complexity index is 766. The zero-order chi connectivity index (χ0) is 21.2. The van der Waals surface area contributed by atoms with Gasteiger partial charge in [0.25, 0.3) is 0 Å². The third kappa shape index (κ3) is 6.28. The van der Waals surface area contributed by atoms with E-state index in [9.17, 15) is 9.59 Å². The molecule has 2 aromatic rings. The molecule has 0 aromatic heterocycles. The molecule has 0 radical (unpaired) electrons. The lowest BCUT2D eigenvalue weighted by Crippen LogP contribution is -2.14. The number of hydrogen-bond acceptors (Lipinski definition) is 3. The molecular weight excluding hydrogens is 360 g/mol. The molecule has 0 aliphatic carbocycles. The second-order valence-electron chi connectivity index (χ2n) is 7.64. The smallest absolute Gasteiger partial charge is 0.346 e. The summed E-state index contributed by atoms with van der Waals surface area (Å²) >= 11 is 0. The minimum atomic E-state index is -0.579. The Labute approximate surface area is 175 Å². The van der Waals surface area contributed by atoms with E-state index in [0.29, 0.717) is 11.1 Å². The fourth-order valence-corrected chi connectivity index (χ4v) is 3.74. The highest BCUT2D eigenvalue weighted by atomic mass is 16.6. The lowest BCUT2D eigenvalue weighted by molar-refractivity contribution is 0.0397. The summed E-state index contributed by atoms with van der Waals surface area (Å²) in [7, 11) is 0. The first-order valence-corrected chi connectivity index (χ1v) is 11.0. The molecule has 0 aliphatic heterocycles. The molecule has 0 aliphatic rings. The van der Waals surface area contributed by atoms with Crippen molar-refractivity contribution in [1.29, 1.82) is 0 Å². The van der Waals surface area contributed by atoms with E-state index in [0.717, 1.165) is 51.4 Å². The zero-order valence-electron chi connectivity index (χ0n) is 18.3. The molecule has 0 N–H and O–H groups in total. The summed E-state index contributed by atoms with van der Waals surface area (Å²) in [5.74, 6) is -1.16.